The lowest BCUT2D eigenvalue weighted by Crippen LogP contribution is -2.00. The molecule has 0 atom stereocenters. The molecular formula is C39H23N3O. The zero-order valence-electron chi connectivity index (χ0n) is 23.0. The molecule has 4 heteroatoms. The molecule has 0 amide bonds. The van der Waals surface area contributed by atoms with Crippen LogP contribution in [0.4, 0.5) is 0 Å². The maximum absolute atomic E-state index is 6.39. The zero-order valence-corrected chi connectivity index (χ0v) is 23.0. The average Bonchev–Trinajstić information content (AvgIpc) is 3.43. The highest BCUT2D eigenvalue weighted by Gasteiger charge is 2.17. The number of hydrogen-bond donors (Lipinski definition) is 0. The first-order valence-corrected chi connectivity index (χ1v) is 14.4. The van der Waals surface area contributed by atoms with E-state index in [4.69, 9.17) is 19.4 Å². The SMILES string of the molecule is c1ccc(-c2nc(-c3ccc4c(c3)oc3cc5ccccc5cc34)nc(-c3cc4ccccc4c4ccccc34)n2)cc1. The van der Waals surface area contributed by atoms with E-state index >= 15 is 0 Å². The molecule has 43 heavy (non-hydrogen) atoms. The van der Waals surface area contributed by atoms with E-state index in [0.29, 0.717) is 17.5 Å². The van der Waals surface area contributed by atoms with Gasteiger partial charge in [-0.05, 0) is 62.6 Å². The van der Waals surface area contributed by atoms with Gasteiger partial charge in [0.05, 0.1) is 0 Å². The van der Waals surface area contributed by atoms with Crippen molar-refractivity contribution < 1.29 is 4.42 Å². The highest BCUT2D eigenvalue weighted by molar-refractivity contribution is 6.13. The number of benzene rings is 7. The van der Waals surface area contributed by atoms with Crippen molar-refractivity contribution >= 4 is 54.3 Å². The molecule has 0 aliphatic heterocycles. The Bertz CT molecular complexity index is 2510. The third-order valence-electron chi connectivity index (χ3n) is 8.27. The van der Waals surface area contributed by atoms with Crippen LogP contribution in [0.5, 0.6) is 0 Å². The van der Waals surface area contributed by atoms with E-state index in [1.807, 2.05) is 36.4 Å². The van der Waals surface area contributed by atoms with E-state index in [-0.39, 0.29) is 0 Å². The summed E-state index contributed by atoms with van der Waals surface area (Å²) in [5, 5.41) is 9.17. The highest BCUT2D eigenvalue weighted by atomic mass is 16.3. The van der Waals surface area contributed by atoms with Gasteiger partial charge in [-0.2, -0.15) is 0 Å². The third-order valence-corrected chi connectivity index (χ3v) is 8.27. The zero-order chi connectivity index (χ0) is 28.3. The van der Waals surface area contributed by atoms with Crippen molar-refractivity contribution in [2.24, 2.45) is 0 Å². The van der Waals surface area contributed by atoms with Crippen molar-refractivity contribution in [2.75, 3.05) is 0 Å². The molecule has 0 aliphatic rings. The van der Waals surface area contributed by atoms with Crippen LogP contribution in [0.25, 0.3) is 88.4 Å². The molecule has 9 aromatic rings. The molecule has 0 N–H and O–H groups in total. The van der Waals surface area contributed by atoms with Crippen LogP contribution in [0.1, 0.15) is 0 Å². The molecule has 0 bridgehead atoms. The summed E-state index contributed by atoms with van der Waals surface area (Å²) in [6.07, 6.45) is 0. The lowest BCUT2D eigenvalue weighted by Gasteiger charge is -2.12. The van der Waals surface area contributed by atoms with Crippen molar-refractivity contribution in [1.82, 2.24) is 15.0 Å². The van der Waals surface area contributed by atoms with Crippen LogP contribution < -0.4 is 0 Å². The molecule has 9 rings (SSSR count). The van der Waals surface area contributed by atoms with Crippen LogP contribution >= 0.6 is 0 Å². The predicted octanol–water partition coefficient (Wildman–Crippen LogP) is 10.2. The highest BCUT2D eigenvalue weighted by Crippen LogP contribution is 2.37. The van der Waals surface area contributed by atoms with Gasteiger partial charge in [-0.25, -0.2) is 15.0 Å². The Kier molecular flexibility index (Phi) is 5.16. The first-order valence-electron chi connectivity index (χ1n) is 14.4. The van der Waals surface area contributed by atoms with Crippen molar-refractivity contribution in [3.63, 3.8) is 0 Å². The molecule has 0 fully saturated rings. The van der Waals surface area contributed by atoms with Gasteiger partial charge in [0.15, 0.2) is 17.5 Å². The molecule has 4 nitrogen and oxygen atoms in total. The molecule has 200 valence electrons. The number of rotatable bonds is 3. The Balaban J connectivity index is 1.28. The van der Waals surface area contributed by atoms with Crippen molar-refractivity contribution in [2.45, 2.75) is 0 Å². The number of nitrogens with zero attached hydrogens (tertiary/aromatic N) is 3. The number of hydrogen-bond acceptors (Lipinski definition) is 4. The van der Waals surface area contributed by atoms with Gasteiger partial charge in [-0.15, -0.1) is 0 Å². The fourth-order valence-electron chi connectivity index (χ4n) is 6.18. The summed E-state index contributed by atoms with van der Waals surface area (Å²) in [5.74, 6) is 1.88. The van der Waals surface area contributed by atoms with E-state index in [0.717, 1.165) is 54.8 Å². The largest absolute Gasteiger partial charge is 0.456 e. The van der Waals surface area contributed by atoms with Crippen LogP contribution in [0, 0.1) is 0 Å². The summed E-state index contributed by atoms with van der Waals surface area (Å²) >= 11 is 0. The molecule has 0 radical (unpaired) electrons. The summed E-state index contributed by atoms with van der Waals surface area (Å²) < 4.78 is 6.39. The van der Waals surface area contributed by atoms with Crippen LogP contribution in [-0.2, 0) is 0 Å². The molecule has 0 spiro atoms. The van der Waals surface area contributed by atoms with Gasteiger partial charge in [0.2, 0.25) is 0 Å². The second-order valence-electron chi connectivity index (χ2n) is 10.9. The van der Waals surface area contributed by atoms with Crippen molar-refractivity contribution in [3.05, 3.63) is 140 Å². The van der Waals surface area contributed by atoms with E-state index in [1.54, 1.807) is 0 Å². The molecule has 2 heterocycles. The van der Waals surface area contributed by atoms with Gasteiger partial charge in [0.25, 0.3) is 0 Å². The van der Waals surface area contributed by atoms with Gasteiger partial charge in [-0.1, -0.05) is 109 Å². The number of furan rings is 1. The summed E-state index contributed by atoms with van der Waals surface area (Å²) in [7, 11) is 0. The molecule has 0 saturated carbocycles. The Labute approximate surface area is 246 Å². The normalized spacial score (nSPS) is 11.7. The summed E-state index contributed by atoms with van der Waals surface area (Å²) in [6.45, 7) is 0. The van der Waals surface area contributed by atoms with Crippen molar-refractivity contribution in [3.8, 4) is 34.2 Å². The topological polar surface area (TPSA) is 51.8 Å². The van der Waals surface area contributed by atoms with Gasteiger partial charge in [-0.3, -0.25) is 0 Å². The minimum absolute atomic E-state index is 0.605. The summed E-state index contributed by atoms with van der Waals surface area (Å²) in [6, 6.07) is 48.1. The lowest BCUT2D eigenvalue weighted by molar-refractivity contribution is 0.669. The molecule has 0 unspecified atom stereocenters. The second-order valence-corrected chi connectivity index (χ2v) is 10.9. The monoisotopic (exact) mass is 549 g/mol. The maximum atomic E-state index is 6.39. The quantitative estimate of drug-likeness (QED) is 0.206. The van der Waals surface area contributed by atoms with Crippen molar-refractivity contribution in [1.29, 1.82) is 0 Å². The predicted molar refractivity (Wildman–Crippen MR) is 176 cm³/mol. The van der Waals surface area contributed by atoms with E-state index in [1.165, 1.54) is 16.2 Å². The average molecular weight is 550 g/mol. The molecule has 7 aromatic carbocycles. The van der Waals surface area contributed by atoms with Crippen LogP contribution in [0.3, 0.4) is 0 Å². The Morgan fingerprint density at radius 2 is 0.953 bits per heavy atom. The van der Waals surface area contributed by atoms with E-state index in [2.05, 4.69) is 103 Å². The first kappa shape index (κ1) is 23.8. The summed E-state index contributed by atoms with van der Waals surface area (Å²) in [5.41, 5.74) is 4.47. The van der Waals surface area contributed by atoms with Gasteiger partial charge >= 0.3 is 0 Å². The second kappa shape index (κ2) is 9.33. The van der Waals surface area contributed by atoms with Gasteiger partial charge in [0.1, 0.15) is 11.2 Å². The summed E-state index contributed by atoms with van der Waals surface area (Å²) in [4.78, 5) is 15.1. The van der Waals surface area contributed by atoms with E-state index in [9.17, 15) is 0 Å². The molecular weight excluding hydrogens is 526 g/mol. The van der Waals surface area contributed by atoms with Crippen LogP contribution in [0.15, 0.2) is 144 Å². The molecule has 0 saturated heterocycles. The molecule has 0 aliphatic carbocycles. The lowest BCUT2D eigenvalue weighted by atomic mass is 9.97. The number of fused-ring (bicyclic) bond motifs is 7. The maximum Gasteiger partial charge on any atom is 0.164 e. The Morgan fingerprint density at radius 1 is 0.349 bits per heavy atom. The first-order chi connectivity index (χ1) is 21.3. The number of aromatic nitrogens is 3. The minimum atomic E-state index is 0.605. The fourth-order valence-corrected chi connectivity index (χ4v) is 6.18. The Morgan fingerprint density at radius 3 is 1.77 bits per heavy atom. The van der Waals surface area contributed by atoms with Gasteiger partial charge in [0, 0.05) is 27.5 Å². The minimum Gasteiger partial charge on any atom is -0.456 e. The standard InChI is InChI=1S/C39H23N3O/c1-2-10-24(11-3-1)37-40-38(28-18-19-32-33-20-25-12-4-5-13-26(25)22-36(33)43-35(32)23-28)42-39(41-37)34-21-27-14-6-7-15-29(27)30-16-8-9-17-31(30)34/h1-23H. The third kappa shape index (κ3) is 3.88. The molecule has 2 aromatic heterocycles. The van der Waals surface area contributed by atoms with E-state index < -0.39 is 0 Å². The smallest absolute Gasteiger partial charge is 0.164 e. The fraction of sp³-hybridized carbons (Fsp3) is 0. The van der Waals surface area contributed by atoms with Crippen LogP contribution in [0.2, 0.25) is 0 Å². The Hall–Kier alpha value is -5.87. The van der Waals surface area contributed by atoms with Crippen LogP contribution in [-0.4, -0.2) is 15.0 Å². The van der Waals surface area contributed by atoms with Gasteiger partial charge < -0.3 is 4.42 Å².